The maximum Gasteiger partial charge on any atom is 0.248 e. The first-order chi connectivity index (χ1) is 11.1. The van der Waals surface area contributed by atoms with Gasteiger partial charge in [0.25, 0.3) is 0 Å². The minimum absolute atomic E-state index is 0.0313. The van der Waals surface area contributed by atoms with Crippen molar-refractivity contribution >= 4 is 5.91 Å². The molecule has 3 atom stereocenters. The Labute approximate surface area is 136 Å². The minimum Gasteiger partial charge on any atom is -0.368 e. The predicted octanol–water partition coefficient (Wildman–Crippen LogP) is 1.61. The summed E-state index contributed by atoms with van der Waals surface area (Å²) in [5.74, 6) is 2.10. The van der Waals surface area contributed by atoms with E-state index in [1.54, 1.807) is 4.90 Å². The second-order valence-corrected chi connectivity index (χ2v) is 6.68. The van der Waals surface area contributed by atoms with Crippen LogP contribution in [-0.4, -0.2) is 58.4 Å². The number of carbonyl (C=O) groups is 1. The Hall–Kier alpha value is -1.47. The molecule has 7 heteroatoms. The molecule has 2 heterocycles. The molecule has 2 aliphatic rings. The molecule has 3 rings (SSSR count). The monoisotopic (exact) mass is 322 g/mol. The number of H-pyrrole nitrogens is 1. The third-order valence-electron chi connectivity index (χ3n) is 4.65. The van der Waals surface area contributed by atoms with Crippen molar-refractivity contribution in [3.63, 3.8) is 0 Å². The van der Waals surface area contributed by atoms with Crippen molar-refractivity contribution in [3.05, 3.63) is 11.6 Å². The molecule has 7 nitrogen and oxygen atoms in total. The zero-order chi connectivity index (χ0) is 16.2. The second-order valence-electron chi connectivity index (χ2n) is 6.68. The fourth-order valence-corrected chi connectivity index (χ4v) is 3.35. The summed E-state index contributed by atoms with van der Waals surface area (Å²) < 4.78 is 11.5. The third-order valence-corrected chi connectivity index (χ3v) is 4.65. The normalized spacial score (nSPS) is 28.8. The van der Waals surface area contributed by atoms with Crippen molar-refractivity contribution in [1.29, 1.82) is 0 Å². The molecule has 1 saturated heterocycles. The molecule has 1 amide bonds. The number of hydrogen-bond acceptors (Lipinski definition) is 5. The van der Waals surface area contributed by atoms with Crippen LogP contribution in [0.15, 0.2) is 0 Å². The van der Waals surface area contributed by atoms with Gasteiger partial charge in [0, 0.05) is 6.54 Å². The highest BCUT2D eigenvalue weighted by molar-refractivity contribution is 5.77. The van der Waals surface area contributed by atoms with Crippen LogP contribution in [0.1, 0.15) is 50.4 Å². The van der Waals surface area contributed by atoms with Crippen LogP contribution in [0.2, 0.25) is 0 Å². The van der Waals surface area contributed by atoms with Crippen molar-refractivity contribution in [3.8, 4) is 0 Å². The minimum atomic E-state index is -0.257. The number of amides is 1. The van der Waals surface area contributed by atoms with Crippen molar-refractivity contribution in [2.75, 3.05) is 26.3 Å². The van der Waals surface area contributed by atoms with Gasteiger partial charge >= 0.3 is 0 Å². The molecule has 1 aromatic rings. The van der Waals surface area contributed by atoms with Crippen LogP contribution in [0.4, 0.5) is 0 Å². The summed E-state index contributed by atoms with van der Waals surface area (Å²) >= 11 is 0. The summed E-state index contributed by atoms with van der Waals surface area (Å²) in [5.41, 5.74) is 0. The number of nitrogens with one attached hydrogen (secondary N) is 1. The first kappa shape index (κ1) is 16.4. The summed E-state index contributed by atoms with van der Waals surface area (Å²) in [6, 6.07) is 0. The lowest BCUT2D eigenvalue weighted by Crippen LogP contribution is -2.44. The molecule has 128 valence electrons. The number of ether oxygens (including phenoxy) is 2. The Morgan fingerprint density at radius 2 is 2.35 bits per heavy atom. The van der Waals surface area contributed by atoms with Crippen LogP contribution in [0, 0.1) is 12.8 Å². The Morgan fingerprint density at radius 1 is 1.48 bits per heavy atom. The lowest BCUT2D eigenvalue weighted by Gasteiger charge is -2.32. The molecule has 2 fully saturated rings. The summed E-state index contributed by atoms with van der Waals surface area (Å²) in [4.78, 5) is 18.5. The Bertz CT molecular complexity index is 533. The summed E-state index contributed by atoms with van der Waals surface area (Å²) in [7, 11) is 0. The standard InChI is InChI=1S/C16H26N4O3/c1-11-4-3-5-13(8-11)23-10-15(21)20-6-7-22-14(9-20)16-17-12(2)18-19-16/h11,13-14H,3-10H2,1-2H3,(H,17,18,19)/t11-,13+,14+/m1/s1. The van der Waals surface area contributed by atoms with E-state index in [0.29, 0.717) is 31.4 Å². The Kier molecular flexibility index (Phi) is 5.27. The smallest absolute Gasteiger partial charge is 0.248 e. The maximum atomic E-state index is 12.4. The van der Waals surface area contributed by atoms with Gasteiger partial charge in [-0.2, -0.15) is 5.10 Å². The van der Waals surface area contributed by atoms with Crippen LogP contribution in [-0.2, 0) is 14.3 Å². The quantitative estimate of drug-likeness (QED) is 0.911. The highest BCUT2D eigenvalue weighted by Gasteiger charge is 2.28. The zero-order valence-electron chi connectivity index (χ0n) is 14.0. The van der Waals surface area contributed by atoms with Crippen molar-refractivity contribution in [2.45, 2.75) is 51.7 Å². The van der Waals surface area contributed by atoms with E-state index in [1.807, 2.05) is 6.92 Å². The molecule has 0 radical (unpaired) electrons. The molecule has 1 aromatic heterocycles. The number of hydrogen-bond donors (Lipinski definition) is 1. The highest BCUT2D eigenvalue weighted by Crippen LogP contribution is 2.26. The van der Waals surface area contributed by atoms with Crippen LogP contribution < -0.4 is 0 Å². The summed E-state index contributed by atoms with van der Waals surface area (Å²) in [6.45, 7) is 5.86. The molecule has 0 unspecified atom stereocenters. The van der Waals surface area contributed by atoms with Gasteiger partial charge in [0.15, 0.2) is 5.82 Å². The van der Waals surface area contributed by atoms with E-state index in [-0.39, 0.29) is 24.7 Å². The molecule has 1 aliphatic carbocycles. The first-order valence-corrected chi connectivity index (χ1v) is 8.51. The van der Waals surface area contributed by atoms with E-state index < -0.39 is 0 Å². The van der Waals surface area contributed by atoms with E-state index in [1.165, 1.54) is 12.8 Å². The fraction of sp³-hybridized carbons (Fsp3) is 0.812. The van der Waals surface area contributed by atoms with E-state index in [9.17, 15) is 4.79 Å². The van der Waals surface area contributed by atoms with E-state index in [2.05, 4.69) is 22.1 Å². The first-order valence-electron chi connectivity index (χ1n) is 8.51. The molecular weight excluding hydrogens is 296 g/mol. The van der Waals surface area contributed by atoms with E-state index >= 15 is 0 Å². The maximum absolute atomic E-state index is 12.4. The SMILES string of the molecule is Cc1nc([C@@H]2CN(C(=O)CO[C@H]3CCC[C@@H](C)C3)CCO2)n[nH]1. The van der Waals surface area contributed by atoms with Gasteiger partial charge in [-0.1, -0.05) is 19.8 Å². The predicted molar refractivity (Wildman–Crippen MR) is 83.8 cm³/mol. The largest absolute Gasteiger partial charge is 0.368 e. The number of aryl methyl sites for hydroxylation is 1. The number of carbonyl (C=O) groups excluding carboxylic acids is 1. The molecular formula is C16H26N4O3. The van der Waals surface area contributed by atoms with E-state index in [0.717, 1.165) is 18.7 Å². The van der Waals surface area contributed by atoms with Crippen LogP contribution in [0.5, 0.6) is 0 Å². The number of aromatic nitrogens is 3. The van der Waals surface area contributed by atoms with Gasteiger partial charge in [0.1, 0.15) is 18.5 Å². The number of rotatable bonds is 4. The molecule has 1 aliphatic heterocycles. The molecule has 1 N–H and O–H groups in total. The van der Waals surface area contributed by atoms with Gasteiger partial charge in [-0.25, -0.2) is 4.98 Å². The Balaban J connectivity index is 1.49. The molecule has 0 bridgehead atoms. The molecule has 23 heavy (non-hydrogen) atoms. The highest BCUT2D eigenvalue weighted by atomic mass is 16.5. The average molecular weight is 322 g/mol. The average Bonchev–Trinajstić information content (AvgIpc) is 2.99. The van der Waals surface area contributed by atoms with Gasteiger partial charge in [0.2, 0.25) is 5.91 Å². The Morgan fingerprint density at radius 3 is 3.09 bits per heavy atom. The molecule has 1 saturated carbocycles. The van der Waals surface area contributed by atoms with Gasteiger partial charge in [-0.3, -0.25) is 9.89 Å². The van der Waals surface area contributed by atoms with Crippen LogP contribution >= 0.6 is 0 Å². The summed E-state index contributed by atoms with van der Waals surface area (Å²) in [6.07, 6.45) is 4.58. The van der Waals surface area contributed by atoms with Gasteiger partial charge < -0.3 is 14.4 Å². The number of aromatic amines is 1. The zero-order valence-corrected chi connectivity index (χ0v) is 14.0. The lowest BCUT2D eigenvalue weighted by atomic mass is 9.89. The lowest BCUT2D eigenvalue weighted by molar-refractivity contribution is -0.147. The van der Waals surface area contributed by atoms with Crippen LogP contribution in [0.3, 0.4) is 0 Å². The van der Waals surface area contributed by atoms with Crippen molar-refractivity contribution in [2.24, 2.45) is 5.92 Å². The molecule has 0 aromatic carbocycles. The van der Waals surface area contributed by atoms with Crippen LogP contribution in [0.25, 0.3) is 0 Å². The third kappa shape index (κ3) is 4.29. The van der Waals surface area contributed by atoms with Gasteiger partial charge in [-0.05, 0) is 25.7 Å². The van der Waals surface area contributed by atoms with Crippen molar-refractivity contribution in [1.82, 2.24) is 20.1 Å². The second kappa shape index (κ2) is 7.40. The number of nitrogens with zero attached hydrogens (tertiary/aromatic N) is 3. The number of morpholine rings is 1. The van der Waals surface area contributed by atoms with E-state index in [4.69, 9.17) is 9.47 Å². The van der Waals surface area contributed by atoms with Gasteiger partial charge in [-0.15, -0.1) is 0 Å². The fourth-order valence-electron chi connectivity index (χ4n) is 3.35. The van der Waals surface area contributed by atoms with Gasteiger partial charge in [0.05, 0.1) is 19.3 Å². The van der Waals surface area contributed by atoms with Crippen molar-refractivity contribution < 1.29 is 14.3 Å². The topological polar surface area (TPSA) is 80.3 Å². The summed E-state index contributed by atoms with van der Waals surface area (Å²) in [5, 5.41) is 6.94. The molecule has 0 spiro atoms.